The average molecular weight is 518 g/mol. The van der Waals surface area contributed by atoms with Gasteiger partial charge in [0.05, 0.1) is 30.1 Å². The SMILES string of the molecule is C=CCN(C)C(=O)[C@@H]1[C@H]2C(=O)N([C@@H](CO)CC(C)C)C(C(=O)N(CC=C)CCCC)C23CC(C)[C@@]1(C)O3. The molecule has 3 amide bonds. The molecule has 8 heteroatoms. The van der Waals surface area contributed by atoms with Gasteiger partial charge in [-0.3, -0.25) is 14.4 Å². The smallest absolute Gasteiger partial charge is 0.248 e. The average Bonchev–Trinajstić information content (AvgIpc) is 3.36. The second-order valence-electron chi connectivity index (χ2n) is 11.8. The molecule has 0 aromatic heterocycles. The van der Waals surface area contributed by atoms with E-state index in [4.69, 9.17) is 4.74 Å². The monoisotopic (exact) mass is 517 g/mol. The van der Waals surface area contributed by atoms with Gasteiger partial charge in [-0.1, -0.05) is 46.3 Å². The van der Waals surface area contributed by atoms with Crippen LogP contribution in [0.5, 0.6) is 0 Å². The van der Waals surface area contributed by atoms with E-state index in [1.807, 2.05) is 27.7 Å². The Morgan fingerprint density at radius 3 is 2.43 bits per heavy atom. The standard InChI is InChI=1S/C29H47N3O5/c1-9-12-15-31(14-11-3)27(36)24-29-17-20(6)28(7,37-29)22(25(34)30(8)13-10-2)23(29)26(35)32(24)21(18-33)16-19(4)5/h10-11,19-24,33H,2-3,9,12-18H2,1,4-8H3/t20?,21-,22+,23+,24?,28-,29?/m1/s1. The van der Waals surface area contributed by atoms with E-state index >= 15 is 0 Å². The summed E-state index contributed by atoms with van der Waals surface area (Å²) < 4.78 is 6.82. The fourth-order valence-corrected chi connectivity index (χ4v) is 7.04. The van der Waals surface area contributed by atoms with Crippen LogP contribution in [-0.4, -0.2) is 94.1 Å². The summed E-state index contributed by atoms with van der Waals surface area (Å²) in [6.07, 6.45) is 6.17. The van der Waals surface area contributed by atoms with Crippen LogP contribution in [-0.2, 0) is 19.1 Å². The third-order valence-corrected chi connectivity index (χ3v) is 8.82. The molecule has 3 saturated heterocycles. The van der Waals surface area contributed by atoms with E-state index in [0.717, 1.165) is 12.8 Å². The van der Waals surface area contributed by atoms with Gasteiger partial charge in [0.1, 0.15) is 11.6 Å². The largest absolute Gasteiger partial charge is 0.394 e. The molecule has 37 heavy (non-hydrogen) atoms. The van der Waals surface area contributed by atoms with Crippen molar-refractivity contribution >= 4 is 17.7 Å². The highest BCUT2D eigenvalue weighted by molar-refractivity contribution is 5.99. The molecule has 3 fully saturated rings. The molecule has 3 unspecified atom stereocenters. The first kappa shape index (κ1) is 29.4. The summed E-state index contributed by atoms with van der Waals surface area (Å²) in [5, 5.41) is 10.4. The zero-order valence-electron chi connectivity index (χ0n) is 23.6. The minimum atomic E-state index is -1.12. The number of fused-ring (bicyclic) bond motifs is 1. The summed E-state index contributed by atoms with van der Waals surface area (Å²) in [6, 6.07) is -1.44. The number of aliphatic hydroxyl groups excluding tert-OH is 1. The van der Waals surface area contributed by atoms with Crippen LogP contribution >= 0.6 is 0 Å². The highest BCUT2D eigenvalue weighted by atomic mass is 16.5. The Morgan fingerprint density at radius 2 is 1.89 bits per heavy atom. The Hall–Kier alpha value is -2.19. The molecule has 8 nitrogen and oxygen atoms in total. The number of hydrogen-bond donors (Lipinski definition) is 1. The molecule has 2 bridgehead atoms. The maximum absolute atomic E-state index is 14.4. The second kappa shape index (κ2) is 11.3. The van der Waals surface area contributed by atoms with Gasteiger partial charge in [0.2, 0.25) is 17.7 Å². The molecule has 1 spiro atoms. The quantitative estimate of drug-likeness (QED) is 0.380. The fourth-order valence-electron chi connectivity index (χ4n) is 7.04. The summed E-state index contributed by atoms with van der Waals surface area (Å²) in [5.41, 5.74) is -1.98. The van der Waals surface area contributed by atoms with E-state index in [2.05, 4.69) is 20.1 Å². The predicted molar refractivity (Wildman–Crippen MR) is 143 cm³/mol. The second-order valence-corrected chi connectivity index (χ2v) is 11.8. The molecule has 0 aromatic rings. The number of amides is 3. The van der Waals surface area contributed by atoms with Gasteiger partial charge in [-0.05, 0) is 38.0 Å². The molecule has 0 saturated carbocycles. The van der Waals surface area contributed by atoms with Crippen molar-refractivity contribution in [3.05, 3.63) is 25.3 Å². The zero-order chi connectivity index (χ0) is 27.7. The molecule has 3 heterocycles. The van der Waals surface area contributed by atoms with Crippen LogP contribution < -0.4 is 0 Å². The normalized spacial score (nSPS) is 33.0. The van der Waals surface area contributed by atoms with Crippen molar-refractivity contribution in [3.8, 4) is 0 Å². The zero-order valence-corrected chi connectivity index (χ0v) is 23.6. The Labute approximate surface area is 222 Å². The number of aliphatic hydroxyl groups is 1. The Kier molecular flexibility index (Phi) is 8.95. The van der Waals surface area contributed by atoms with Crippen LogP contribution in [0.25, 0.3) is 0 Å². The van der Waals surface area contributed by atoms with Crippen LogP contribution in [0.1, 0.15) is 60.3 Å². The van der Waals surface area contributed by atoms with E-state index in [9.17, 15) is 19.5 Å². The fraction of sp³-hybridized carbons (Fsp3) is 0.759. The van der Waals surface area contributed by atoms with E-state index < -0.39 is 35.1 Å². The molecule has 0 aliphatic carbocycles. The Balaban J connectivity index is 2.17. The number of nitrogens with zero attached hydrogens (tertiary/aromatic N) is 3. The van der Waals surface area contributed by atoms with Gasteiger partial charge in [-0.2, -0.15) is 0 Å². The number of likely N-dealkylation sites (tertiary alicyclic amines) is 1. The third-order valence-electron chi connectivity index (χ3n) is 8.82. The molecule has 3 aliphatic rings. The lowest BCUT2D eigenvalue weighted by molar-refractivity contribution is -0.157. The van der Waals surface area contributed by atoms with Crippen LogP contribution in [0.4, 0.5) is 0 Å². The lowest BCUT2D eigenvalue weighted by atomic mass is 9.62. The lowest BCUT2D eigenvalue weighted by Crippen LogP contribution is -2.59. The number of ether oxygens (including phenoxy) is 1. The molecule has 0 aromatic carbocycles. The van der Waals surface area contributed by atoms with Crippen LogP contribution in [0.3, 0.4) is 0 Å². The summed E-state index contributed by atoms with van der Waals surface area (Å²) in [5.74, 6) is -1.92. The van der Waals surface area contributed by atoms with Gasteiger partial charge in [-0.15, -0.1) is 13.2 Å². The van der Waals surface area contributed by atoms with Gasteiger partial charge in [0.15, 0.2) is 0 Å². The molecule has 0 radical (unpaired) electrons. The molecule has 3 rings (SSSR count). The molecule has 208 valence electrons. The van der Waals surface area contributed by atoms with Gasteiger partial charge in [0.25, 0.3) is 0 Å². The van der Waals surface area contributed by atoms with Crippen molar-refractivity contribution in [2.24, 2.45) is 23.7 Å². The molecule has 1 N–H and O–H groups in total. The summed E-state index contributed by atoms with van der Waals surface area (Å²) >= 11 is 0. The van der Waals surface area contributed by atoms with Crippen LogP contribution in [0.15, 0.2) is 25.3 Å². The maximum Gasteiger partial charge on any atom is 0.248 e. The van der Waals surface area contributed by atoms with Crippen molar-refractivity contribution in [3.63, 3.8) is 0 Å². The van der Waals surface area contributed by atoms with Gasteiger partial charge in [-0.25, -0.2) is 0 Å². The number of carbonyl (C=O) groups excluding carboxylic acids is 3. The van der Waals surface area contributed by atoms with E-state index in [0.29, 0.717) is 32.5 Å². The first-order valence-corrected chi connectivity index (χ1v) is 13.8. The lowest BCUT2D eigenvalue weighted by Gasteiger charge is -2.40. The molecular weight excluding hydrogens is 470 g/mol. The van der Waals surface area contributed by atoms with Gasteiger partial charge in [0, 0.05) is 26.7 Å². The molecular formula is C29H47N3O5. The van der Waals surface area contributed by atoms with E-state index in [1.54, 1.807) is 33.9 Å². The van der Waals surface area contributed by atoms with E-state index in [-0.39, 0.29) is 36.2 Å². The van der Waals surface area contributed by atoms with E-state index in [1.165, 1.54) is 0 Å². The van der Waals surface area contributed by atoms with Crippen molar-refractivity contribution in [1.29, 1.82) is 0 Å². The summed E-state index contributed by atoms with van der Waals surface area (Å²) in [6.45, 7) is 18.7. The summed E-state index contributed by atoms with van der Waals surface area (Å²) in [7, 11) is 1.71. The summed E-state index contributed by atoms with van der Waals surface area (Å²) in [4.78, 5) is 47.5. The van der Waals surface area contributed by atoms with Gasteiger partial charge < -0.3 is 24.5 Å². The number of likely N-dealkylation sites (N-methyl/N-ethyl adjacent to an activating group) is 1. The van der Waals surface area contributed by atoms with Crippen LogP contribution in [0.2, 0.25) is 0 Å². The third kappa shape index (κ3) is 4.76. The predicted octanol–water partition coefficient (Wildman–Crippen LogP) is 2.86. The molecule has 7 atom stereocenters. The minimum Gasteiger partial charge on any atom is -0.394 e. The highest BCUT2D eigenvalue weighted by Gasteiger charge is 2.80. The maximum atomic E-state index is 14.4. The van der Waals surface area contributed by atoms with Crippen molar-refractivity contribution in [1.82, 2.24) is 14.7 Å². The van der Waals surface area contributed by atoms with Crippen molar-refractivity contribution in [2.45, 2.75) is 83.6 Å². The van der Waals surface area contributed by atoms with Gasteiger partial charge >= 0.3 is 0 Å². The minimum absolute atomic E-state index is 0.0287. The topological polar surface area (TPSA) is 90.4 Å². The number of unbranched alkanes of at least 4 members (excludes halogenated alkanes) is 1. The first-order chi connectivity index (χ1) is 17.4. The number of hydrogen-bond acceptors (Lipinski definition) is 5. The number of rotatable bonds is 13. The number of carbonyl (C=O) groups is 3. The van der Waals surface area contributed by atoms with Crippen molar-refractivity contribution in [2.75, 3.05) is 33.3 Å². The van der Waals surface area contributed by atoms with Crippen molar-refractivity contribution < 1.29 is 24.2 Å². The molecule has 3 aliphatic heterocycles. The Morgan fingerprint density at radius 1 is 1.24 bits per heavy atom. The Bertz CT molecular complexity index is 906. The highest BCUT2D eigenvalue weighted by Crippen LogP contribution is 2.65. The first-order valence-electron chi connectivity index (χ1n) is 13.8. The van der Waals surface area contributed by atoms with Crippen LogP contribution in [0, 0.1) is 23.7 Å².